The molecule has 35 heavy (non-hydrogen) atoms. The second-order valence-electron chi connectivity index (χ2n) is 9.51. The molecule has 3 aromatic rings. The average Bonchev–Trinajstić information content (AvgIpc) is 2.87. The number of ether oxygens (including phenoxy) is 1. The third kappa shape index (κ3) is 4.34. The number of hydrogen-bond donors (Lipinski definition) is 0. The van der Waals surface area contributed by atoms with Crippen LogP contribution in [0.15, 0.2) is 97.6 Å². The first kappa shape index (κ1) is 22.9. The Balaban J connectivity index is 1.55. The number of nitrogens with zero attached hydrogens (tertiary/aromatic N) is 2. The molecule has 2 heterocycles. The molecule has 5 rings (SSSR count). The van der Waals surface area contributed by atoms with Gasteiger partial charge < -0.3 is 14.5 Å². The van der Waals surface area contributed by atoms with Gasteiger partial charge in [0.2, 0.25) is 11.8 Å². The Hall–Kier alpha value is -3.86. The summed E-state index contributed by atoms with van der Waals surface area (Å²) >= 11 is 0. The molecule has 0 N–H and O–H groups in total. The van der Waals surface area contributed by atoms with Crippen LogP contribution in [0.1, 0.15) is 36.0 Å². The summed E-state index contributed by atoms with van der Waals surface area (Å²) in [6.07, 6.45) is 2.26. The van der Waals surface area contributed by atoms with Gasteiger partial charge in [-0.25, -0.2) is 0 Å². The fourth-order valence-corrected chi connectivity index (χ4v) is 5.42. The maximum atomic E-state index is 14.3. The van der Waals surface area contributed by atoms with Gasteiger partial charge in [0, 0.05) is 32.0 Å². The van der Waals surface area contributed by atoms with Crippen molar-refractivity contribution in [1.82, 2.24) is 9.80 Å². The quantitative estimate of drug-likeness (QED) is 0.358. The Morgan fingerprint density at radius 1 is 1.00 bits per heavy atom. The molecule has 5 nitrogen and oxygen atoms in total. The maximum Gasteiger partial charge on any atom is 0.239 e. The van der Waals surface area contributed by atoms with E-state index >= 15 is 0 Å². The number of amides is 2. The molecule has 2 aliphatic rings. The van der Waals surface area contributed by atoms with Gasteiger partial charge in [0.25, 0.3) is 0 Å². The van der Waals surface area contributed by atoms with Gasteiger partial charge in [-0.05, 0) is 29.7 Å². The van der Waals surface area contributed by atoms with Crippen molar-refractivity contribution in [3.05, 3.63) is 114 Å². The highest BCUT2D eigenvalue weighted by molar-refractivity contribution is 6.02. The van der Waals surface area contributed by atoms with E-state index < -0.39 is 11.6 Å². The lowest BCUT2D eigenvalue weighted by molar-refractivity contribution is -0.177. The summed E-state index contributed by atoms with van der Waals surface area (Å²) in [6.45, 7) is 6.97. The molecular formula is C30H30N2O3. The molecular weight excluding hydrogens is 436 g/mol. The summed E-state index contributed by atoms with van der Waals surface area (Å²) in [4.78, 5) is 31.7. The first-order valence-corrected chi connectivity index (χ1v) is 12.1. The highest BCUT2D eigenvalue weighted by atomic mass is 16.5. The highest BCUT2D eigenvalue weighted by Crippen LogP contribution is 2.50. The highest BCUT2D eigenvalue weighted by Gasteiger charge is 2.56. The minimum Gasteiger partial charge on any atom is -0.468 e. The lowest BCUT2D eigenvalue weighted by atomic mass is 9.73. The maximum absolute atomic E-state index is 14.3. The molecule has 1 fully saturated rings. The van der Waals surface area contributed by atoms with Crippen LogP contribution in [0, 0.1) is 5.92 Å². The molecule has 3 aromatic carbocycles. The molecule has 1 saturated heterocycles. The number of carbonyl (C=O) groups excluding carboxylic acids is 2. The summed E-state index contributed by atoms with van der Waals surface area (Å²) in [6, 6.07) is 27.6. The number of rotatable bonds is 7. The van der Waals surface area contributed by atoms with Gasteiger partial charge in [-0.15, -0.1) is 6.58 Å². The minimum absolute atomic E-state index is 0.152. The Labute approximate surface area is 206 Å². The number of hydrogen-bond acceptors (Lipinski definition) is 3. The van der Waals surface area contributed by atoms with E-state index in [9.17, 15) is 9.59 Å². The second kappa shape index (κ2) is 9.41. The zero-order valence-corrected chi connectivity index (χ0v) is 20.0. The van der Waals surface area contributed by atoms with Crippen LogP contribution in [0.2, 0.25) is 0 Å². The molecule has 0 aliphatic carbocycles. The lowest BCUT2D eigenvalue weighted by Gasteiger charge is -2.53. The summed E-state index contributed by atoms with van der Waals surface area (Å²) < 4.78 is 6.34. The Bertz CT molecular complexity index is 1190. The van der Waals surface area contributed by atoms with Crippen LogP contribution in [0.25, 0.3) is 0 Å². The van der Waals surface area contributed by atoms with Gasteiger partial charge >= 0.3 is 0 Å². The summed E-state index contributed by atoms with van der Waals surface area (Å²) in [5, 5.41) is 0. The molecule has 2 bridgehead atoms. The van der Waals surface area contributed by atoms with Gasteiger partial charge in [0.1, 0.15) is 11.7 Å². The van der Waals surface area contributed by atoms with E-state index in [0.29, 0.717) is 26.1 Å². The Morgan fingerprint density at radius 2 is 1.57 bits per heavy atom. The monoisotopic (exact) mass is 466 g/mol. The van der Waals surface area contributed by atoms with E-state index in [4.69, 9.17) is 4.74 Å². The summed E-state index contributed by atoms with van der Waals surface area (Å²) in [5.74, 6) is -0.682. The van der Waals surface area contributed by atoms with E-state index in [-0.39, 0.29) is 17.7 Å². The third-order valence-corrected chi connectivity index (χ3v) is 7.07. The third-order valence-electron chi connectivity index (χ3n) is 7.07. The zero-order chi connectivity index (χ0) is 24.4. The predicted octanol–water partition coefficient (Wildman–Crippen LogP) is 5.14. The van der Waals surface area contributed by atoms with Gasteiger partial charge in [-0.1, -0.05) is 84.9 Å². The lowest BCUT2D eigenvalue weighted by Crippen LogP contribution is -2.64. The van der Waals surface area contributed by atoms with Crippen LogP contribution in [0.5, 0.6) is 5.75 Å². The molecule has 0 spiro atoms. The normalized spacial score (nSPS) is 22.7. The fourth-order valence-electron chi connectivity index (χ4n) is 5.42. The van der Waals surface area contributed by atoms with Crippen molar-refractivity contribution >= 4 is 11.8 Å². The Morgan fingerprint density at radius 3 is 2.17 bits per heavy atom. The van der Waals surface area contributed by atoms with Crippen molar-refractivity contribution in [2.45, 2.75) is 38.1 Å². The Kier molecular flexibility index (Phi) is 6.16. The van der Waals surface area contributed by atoms with E-state index in [0.717, 1.165) is 22.4 Å². The molecule has 5 heteroatoms. The first-order chi connectivity index (χ1) is 17.0. The summed E-state index contributed by atoms with van der Waals surface area (Å²) in [7, 11) is 0. The average molecular weight is 467 g/mol. The van der Waals surface area contributed by atoms with Crippen molar-refractivity contribution in [3.8, 4) is 5.75 Å². The van der Waals surface area contributed by atoms with E-state index in [2.05, 4.69) is 6.58 Å². The van der Waals surface area contributed by atoms with Crippen molar-refractivity contribution in [3.63, 3.8) is 0 Å². The van der Waals surface area contributed by atoms with Crippen molar-refractivity contribution in [2.24, 2.45) is 5.92 Å². The van der Waals surface area contributed by atoms with Crippen LogP contribution in [0.3, 0.4) is 0 Å². The van der Waals surface area contributed by atoms with Crippen LogP contribution < -0.4 is 4.74 Å². The molecule has 3 atom stereocenters. The minimum atomic E-state index is -0.819. The van der Waals surface area contributed by atoms with Crippen LogP contribution in [0.4, 0.5) is 0 Å². The fraction of sp³-hybridized carbons (Fsp3) is 0.267. The smallest absolute Gasteiger partial charge is 0.239 e. The van der Waals surface area contributed by atoms with Crippen LogP contribution >= 0.6 is 0 Å². The van der Waals surface area contributed by atoms with E-state index in [1.165, 1.54) is 0 Å². The van der Waals surface area contributed by atoms with E-state index in [1.54, 1.807) is 11.0 Å². The standard InChI is InChI=1S/C30H30N2O3/c1-3-18-32-29(34)27(25-19-30(32,2)35-26-17-11-10-16-24(25)26)28(33)31(20-22-12-6-4-7-13-22)21-23-14-8-5-9-15-23/h3-17,25,27H,1,18-21H2,2H3/t25?,27?,30-/m1/s1. The topological polar surface area (TPSA) is 49.9 Å². The van der Waals surface area contributed by atoms with Gasteiger partial charge in [0.05, 0.1) is 0 Å². The predicted molar refractivity (Wildman–Crippen MR) is 135 cm³/mol. The number of likely N-dealkylation sites (tertiary alicyclic amines) is 1. The number of benzene rings is 3. The van der Waals surface area contributed by atoms with Gasteiger partial charge in [-0.3, -0.25) is 9.59 Å². The molecule has 0 saturated carbocycles. The van der Waals surface area contributed by atoms with E-state index in [1.807, 2.05) is 96.8 Å². The number of carbonyl (C=O) groups is 2. The molecule has 2 unspecified atom stereocenters. The molecule has 0 radical (unpaired) electrons. The second-order valence-corrected chi connectivity index (χ2v) is 9.51. The largest absolute Gasteiger partial charge is 0.468 e. The number of para-hydroxylation sites is 1. The molecule has 178 valence electrons. The van der Waals surface area contributed by atoms with Crippen molar-refractivity contribution in [1.29, 1.82) is 0 Å². The summed E-state index contributed by atoms with van der Waals surface area (Å²) in [5.41, 5.74) is 2.17. The molecule has 0 aromatic heterocycles. The van der Waals surface area contributed by atoms with Crippen molar-refractivity contribution < 1.29 is 14.3 Å². The first-order valence-electron chi connectivity index (χ1n) is 12.1. The van der Waals surface area contributed by atoms with Crippen LogP contribution in [-0.2, 0) is 22.7 Å². The van der Waals surface area contributed by atoms with Gasteiger partial charge in [0.15, 0.2) is 5.72 Å². The number of fused-ring (bicyclic) bond motifs is 4. The van der Waals surface area contributed by atoms with Crippen LogP contribution in [-0.4, -0.2) is 33.9 Å². The number of piperidine rings is 1. The molecule has 2 amide bonds. The molecule has 2 aliphatic heterocycles. The van der Waals surface area contributed by atoms with Gasteiger partial charge in [-0.2, -0.15) is 0 Å². The zero-order valence-electron chi connectivity index (χ0n) is 20.0. The SMILES string of the molecule is C=CCN1C(=O)C(C(=O)N(Cc2ccccc2)Cc2ccccc2)C2C[C@@]1(C)Oc1ccccc12. The van der Waals surface area contributed by atoms with Crippen molar-refractivity contribution in [2.75, 3.05) is 6.54 Å².